The van der Waals surface area contributed by atoms with E-state index in [0.717, 1.165) is 0 Å². The molecule has 0 radical (unpaired) electrons. The van der Waals surface area contributed by atoms with Crippen molar-refractivity contribution < 1.29 is 35.9 Å². The highest BCUT2D eigenvalue weighted by Gasteiger charge is 2.37. The molecule has 0 bridgehead atoms. The lowest BCUT2D eigenvalue weighted by Gasteiger charge is -2.18. The maximum atomic E-state index is 12.9. The number of hydrogen-bond acceptors (Lipinski definition) is 2. The molecule has 0 aromatic heterocycles. The van der Waals surface area contributed by atoms with Gasteiger partial charge < -0.3 is 11.1 Å². The molecule has 2 aromatic rings. The van der Waals surface area contributed by atoms with Crippen molar-refractivity contribution in [2.45, 2.75) is 24.8 Å². The summed E-state index contributed by atoms with van der Waals surface area (Å²) in [6, 6.07) is 7.39. The number of nitrogens with two attached hydrogens (primary N) is 1. The summed E-state index contributed by atoms with van der Waals surface area (Å²) in [5, 5.41) is 2.09. The van der Waals surface area contributed by atoms with Crippen molar-refractivity contribution in [3.63, 3.8) is 0 Å². The van der Waals surface area contributed by atoms with E-state index >= 15 is 0 Å². The molecule has 0 aliphatic rings. The first kappa shape index (κ1) is 21.3. The van der Waals surface area contributed by atoms with Gasteiger partial charge in [-0.25, -0.2) is 0 Å². The van der Waals surface area contributed by atoms with Crippen molar-refractivity contribution in [3.8, 4) is 0 Å². The molecule has 3 N–H and O–H groups in total. The van der Waals surface area contributed by atoms with Gasteiger partial charge in [0.05, 0.1) is 11.1 Å². The zero-order valence-electron chi connectivity index (χ0n) is 14.1. The second kappa shape index (κ2) is 7.91. The van der Waals surface area contributed by atoms with Crippen LogP contribution in [0.4, 0.5) is 26.3 Å². The number of hydrogen-bond donors (Lipinski definition) is 2. The predicted octanol–water partition coefficient (Wildman–Crippen LogP) is 3.55. The molecule has 10 heteroatoms. The van der Waals surface area contributed by atoms with Crippen LogP contribution in [0.25, 0.3) is 0 Å². The fraction of sp³-hybridized carbons (Fsp3) is 0.222. The Morgan fingerprint density at radius 2 is 1.39 bits per heavy atom. The number of primary amides is 1. The zero-order chi connectivity index (χ0) is 21.1. The summed E-state index contributed by atoms with van der Waals surface area (Å²) in [4.78, 5) is 23.8. The maximum Gasteiger partial charge on any atom is 0.416 e. The average Bonchev–Trinajstić information content (AvgIpc) is 2.60. The molecule has 0 aliphatic heterocycles. The van der Waals surface area contributed by atoms with Gasteiger partial charge in [-0.3, -0.25) is 9.59 Å². The Morgan fingerprint density at radius 3 is 1.82 bits per heavy atom. The van der Waals surface area contributed by atoms with Gasteiger partial charge in [-0.1, -0.05) is 30.3 Å². The highest BCUT2D eigenvalue weighted by Crippen LogP contribution is 2.36. The Morgan fingerprint density at radius 1 is 0.893 bits per heavy atom. The van der Waals surface area contributed by atoms with E-state index in [0.29, 0.717) is 5.56 Å². The summed E-state index contributed by atoms with van der Waals surface area (Å²) in [6.45, 7) is 0. The lowest BCUT2D eigenvalue weighted by Crippen LogP contribution is -2.46. The number of carbonyl (C=O) groups is 2. The smallest absolute Gasteiger partial charge is 0.368 e. The van der Waals surface area contributed by atoms with E-state index in [4.69, 9.17) is 5.73 Å². The number of benzene rings is 2. The number of halogens is 6. The van der Waals surface area contributed by atoms with Gasteiger partial charge in [-0.2, -0.15) is 26.3 Å². The van der Waals surface area contributed by atoms with Crippen LogP contribution in [-0.4, -0.2) is 17.9 Å². The van der Waals surface area contributed by atoms with Crippen LogP contribution in [0.1, 0.15) is 27.0 Å². The second-order valence-electron chi connectivity index (χ2n) is 5.91. The van der Waals surface area contributed by atoms with Crippen molar-refractivity contribution in [2.75, 3.05) is 0 Å². The van der Waals surface area contributed by atoms with Gasteiger partial charge in [0.1, 0.15) is 6.04 Å². The minimum absolute atomic E-state index is 0.0764. The first-order chi connectivity index (χ1) is 12.9. The molecule has 1 atom stereocenters. The van der Waals surface area contributed by atoms with E-state index in [2.05, 4.69) is 5.32 Å². The zero-order valence-corrected chi connectivity index (χ0v) is 14.1. The standard InChI is InChI=1S/C18H14F6N2O2/c19-17(20,21)12-7-11(8-13(9-12)18(22,23)24)16(28)26-14(15(25)27)6-10-4-2-1-3-5-10/h1-5,7-9,14H,6H2,(H2,25,27)(H,26,28)/t14-/m1/s1. The average molecular weight is 404 g/mol. The van der Waals surface area contributed by atoms with E-state index in [1.807, 2.05) is 0 Å². The molecule has 2 amide bonds. The third kappa shape index (κ3) is 5.48. The van der Waals surface area contributed by atoms with E-state index in [1.165, 1.54) is 0 Å². The molecule has 0 heterocycles. The minimum atomic E-state index is -5.09. The third-order valence-electron chi connectivity index (χ3n) is 3.78. The van der Waals surface area contributed by atoms with Crippen molar-refractivity contribution >= 4 is 11.8 Å². The summed E-state index contributed by atoms with van der Waals surface area (Å²) < 4.78 is 77.4. The highest BCUT2D eigenvalue weighted by atomic mass is 19.4. The van der Waals surface area contributed by atoms with Crippen molar-refractivity contribution in [1.29, 1.82) is 0 Å². The number of carbonyl (C=O) groups excluding carboxylic acids is 2. The summed E-state index contributed by atoms with van der Waals surface area (Å²) >= 11 is 0. The third-order valence-corrected chi connectivity index (χ3v) is 3.78. The molecular formula is C18H14F6N2O2. The lowest BCUT2D eigenvalue weighted by molar-refractivity contribution is -0.143. The first-order valence-corrected chi connectivity index (χ1v) is 7.81. The summed E-state index contributed by atoms with van der Waals surface area (Å²) in [6.07, 6.45) is -10.3. The second-order valence-corrected chi connectivity index (χ2v) is 5.91. The normalized spacial score (nSPS) is 13.1. The van der Waals surface area contributed by atoms with Crippen LogP contribution in [0.15, 0.2) is 48.5 Å². The van der Waals surface area contributed by atoms with E-state index in [9.17, 15) is 35.9 Å². The number of alkyl halides is 6. The Kier molecular flexibility index (Phi) is 6.01. The Hall–Kier alpha value is -3.04. The van der Waals surface area contributed by atoms with Crippen molar-refractivity contribution in [2.24, 2.45) is 5.73 Å². The Labute approximate surface area is 155 Å². The molecule has 0 unspecified atom stereocenters. The lowest BCUT2D eigenvalue weighted by atomic mass is 10.0. The Bertz CT molecular complexity index is 830. The van der Waals surface area contributed by atoms with Gasteiger partial charge in [0.15, 0.2) is 0 Å². The molecule has 150 valence electrons. The van der Waals surface area contributed by atoms with E-state index in [-0.39, 0.29) is 24.6 Å². The van der Waals surface area contributed by atoms with Gasteiger partial charge in [-0.05, 0) is 23.8 Å². The first-order valence-electron chi connectivity index (χ1n) is 7.81. The van der Waals surface area contributed by atoms with Crippen molar-refractivity contribution in [3.05, 3.63) is 70.8 Å². The summed E-state index contributed by atoms with van der Waals surface area (Å²) in [7, 11) is 0. The molecule has 28 heavy (non-hydrogen) atoms. The van der Waals surface area contributed by atoms with Gasteiger partial charge in [-0.15, -0.1) is 0 Å². The molecule has 0 saturated heterocycles. The van der Waals surface area contributed by atoms with Crippen LogP contribution < -0.4 is 11.1 Å². The maximum absolute atomic E-state index is 12.9. The molecule has 0 saturated carbocycles. The van der Waals surface area contributed by atoms with Crippen LogP contribution in [-0.2, 0) is 23.6 Å². The van der Waals surface area contributed by atoms with Crippen LogP contribution in [0.5, 0.6) is 0 Å². The molecule has 0 spiro atoms. The van der Waals surface area contributed by atoms with E-state index < -0.39 is 46.9 Å². The SMILES string of the molecule is NC(=O)[C@@H](Cc1ccccc1)NC(=O)c1cc(C(F)(F)F)cc(C(F)(F)F)c1. The van der Waals surface area contributed by atoms with Crippen LogP contribution in [0.3, 0.4) is 0 Å². The molecule has 0 fully saturated rings. The number of amides is 2. The Balaban J connectivity index is 2.34. The largest absolute Gasteiger partial charge is 0.416 e. The number of nitrogens with one attached hydrogen (secondary N) is 1. The van der Waals surface area contributed by atoms with Gasteiger partial charge in [0.25, 0.3) is 5.91 Å². The monoisotopic (exact) mass is 404 g/mol. The molecule has 2 aromatic carbocycles. The topological polar surface area (TPSA) is 72.2 Å². The quantitative estimate of drug-likeness (QED) is 0.749. The molecule has 4 nitrogen and oxygen atoms in total. The minimum Gasteiger partial charge on any atom is -0.368 e. The summed E-state index contributed by atoms with van der Waals surface area (Å²) in [5.74, 6) is -2.27. The predicted molar refractivity (Wildman–Crippen MR) is 87.0 cm³/mol. The molecule has 2 rings (SSSR count). The highest BCUT2D eigenvalue weighted by molar-refractivity contribution is 5.97. The fourth-order valence-electron chi connectivity index (χ4n) is 2.40. The van der Waals surface area contributed by atoms with Gasteiger partial charge >= 0.3 is 12.4 Å². The van der Waals surface area contributed by atoms with Gasteiger partial charge in [0, 0.05) is 12.0 Å². The molecular weight excluding hydrogens is 390 g/mol. The molecule has 0 aliphatic carbocycles. The van der Waals surface area contributed by atoms with Crippen LogP contribution in [0, 0.1) is 0 Å². The van der Waals surface area contributed by atoms with Crippen LogP contribution in [0.2, 0.25) is 0 Å². The number of rotatable bonds is 5. The van der Waals surface area contributed by atoms with Crippen molar-refractivity contribution in [1.82, 2.24) is 5.32 Å². The van der Waals surface area contributed by atoms with E-state index in [1.54, 1.807) is 30.3 Å². The summed E-state index contributed by atoms with van der Waals surface area (Å²) in [5.41, 5.74) is 1.63. The van der Waals surface area contributed by atoms with Crippen LogP contribution >= 0.6 is 0 Å². The van der Waals surface area contributed by atoms with Gasteiger partial charge in [0.2, 0.25) is 5.91 Å². The fourth-order valence-corrected chi connectivity index (χ4v) is 2.40.